The topological polar surface area (TPSA) is 42.0 Å². The molecule has 1 N–H and O–H groups in total. The van der Waals surface area contributed by atoms with Crippen LogP contribution >= 0.6 is 22.7 Å². The molecule has 0 saturated heterocycles. The Balaban J connectivity index is 1.66. The Hall–Kier alpha value is -1.46. The Morgan fingerprint density at radius 1 is 1.50 bits per heavy atom. The molecule has 3 nitrogen and oxygen atoms in total. The van der Waals surface area contributed by atoms with Crippen LogP contribution in [0.1, 0.15) is 34.5 Å². The van der Waals surface area contributed by atoms with Crippen molar-refractivity contribution in [3.05, 3.63) is 44.5 Å². The third kappa shape index (κ3) is 3.35. The molecule has 2 aromatic rings. The van der Waals surface area contributed by atoms with E-state index in [1.807, 2.05) is 35.9 Å². The van der Waals surface area contributed by atoms with E-state index in [0.29, 0.717) is 5.92 Å². The van der Waals surface area contributed by atoms with Gasteiger partial charge in [-0.05, 0) is 43.2 Å². The van der Waals surface area contributed by atoms with Gasteiger partial charge in [0.1, 0.15) is 5.01 Å². The van der Waals surface area contributed by atoms with Crippen LogP contribution in [0.4, 0.5) is 0 Å². The molecule has 1 atom stereocenters. The fraction of sp³-hybridized carbons (Fsp3) is 0.333. The molecular formula is C15H16N2OS2. The van der Waals surface area contributed by atoms with Gasteiger partial charge in [-0.2, -0.15) is 0 Å². The van der Waals surface area contributed by atoms with Crippen molar-refractivity contribution in [3.8, 4) is 0 Å². The summed E-state index contributed by atoms with van der Waals surface area (Å²) >= 11 is 3.26. The molecule has 0 unspecified atom stereocenters. The molecule has 1 saturated carbocycles. The largest absolute Gasteiger partial charge is 0.343 e. The van der Waals surface area contributed by atoms with Crippen LogP contribution in [0.15, 0.2) is 29.0 Å². The molecule has 0 aromatic carbocycles. The molecule has 0 aliphatic heterocycles. The quantitative estimate of drug-likeness (QED) is 0.854. The van der Waals surface area contributed by atoms with E-state index < -0.39 is 0 Å². The van der Waals surface area contributed by atoms with Crippen molar-refractivity contribution in [3.63, 3.8) is 0 Å². The second kappa shape index (κ2) is 5.89. The maximum atomic E-state index is 12.0. The van der Waals surface area contributed by atoms with E-state index in [1.165, 1.54) is 12.8 Å². The lowest BCUT2D eigenvalue weighted by Crippen LogP contribution is -2.28. The third-order valence-electron chi connectivity index (χ3n) is 3.24. The van der Waals surface area contributed by atoms with Crippen molar-refractivity contribution in [1.29, 1.82) is 0 Å². The van der Waals surface area contributed by atoms with Crippen LogP contribution in [0.5, 0.6) is 0 Å². The van der Waals surface area contributed by atoms with Crippen molar-refractivity contribution < 1.29 is 4.79 Å². The fourth-order valence-corrected chi connectivity index (χ4v) is 3.63. The maximum Gasteiger partial charge on any atom is 0.244 e. The highest BCUT2D eigenvalue weighted by atomic mass is 32.1. The van der Waals surface area contributed by atoms with Crippen LogP contribution in [0, 0.1) is 12.8 Å². The average molecular weight is 304 g/mol. The minimum absolute atomic E-state index is 0.0387. The highest BCUT2D eigenvalue weighted by Crippen LogP contribution is 2.41. The number of hydrogen-bond donors (Lipinski definition) is 1. The minimum Gasteiger partial charge on any atom is -0.343 e. The van der Waals surface area contributed by atoms with Crippen LogP contribution in [0.25, 0.3) is 6.08 Å². The van der Waals surface area contributed by atoms with Crippen LogP contribution in [-0.4, -0.2) is 10.9 Å². The first-order valence-electron chi connectivity index (χ1n) is 6.66. The van der Waals surface area contributed by atoms with Gasteiger partial charge in [0.2, 0.25) is 5.91 Å². The molecule has 2 heterocycles. The Bertz CT molecular complexity index is 612. The standard InChI is InChI=1S/C15H16N2OS2/c1-10-9-20-15(16-10)14(11-4-5-11)17-13(18)7-6-12-3-2-8-19-12/h2-3,6-9,11,14H,4-5H2,1H3,(H,17,18)/b7-6-/t14-/m1/s1. The monoisotopic (exact) mass is 304 g/mol. The van der Waals surface area contributed by atoms with Crippen molar-refractivity contribution in [2.45, 2.75) is 25.8 Å². The van der Waals surface area contributed by atoms with Gasteiger partial charge in [0.15, 0.2) is 0 Å². The number of nitrogens with zero attached hydrogens (tertiary/aromatic N) is 1. The minimum atomic E-state index is -0.0387. The first kappa shape index (κ1) is 13.5. The molecule has 3 rings (SSSR count). The number of aromatic nitrogens is 1. The van der Waals surface area contributed by atoms with Crippen molar-refractivity contribution in [2.24, 2.45) is 5.92 Å². The molecule has 5 heteroatoms. The van der Waals surface area contributed by atoms with Crippen molar-refractivity contribution in [1.82, 2.24) is 10.3 Å². The summed E-state index contributed by atoms with van der Waals surface area (Å²) in [4.78, 5) is 17.7. The van der Waals surface area contributed by atoms with E-state index in [2.05, 4.69) is 10.3 Å². The maximum absolute atomic E-state index is 12.0. The lowest BCUT2D eigenvalue weighted by molar-refractivity contribution is -0.117. The Morgan fingerprint density at radius 3 is 2.95 bits per heavy atom. The molecule has 0 radical (unpaired) electrons. The van der Waals surface area contributed by atoms with Crippen LogP contribution in [-0.2, 0) is 4.79 Å². The number of rotatable bonds is 5. The van der Waals surface area contributed by atoms with Gasteiger partial charge in [-0.15, -0.1) is 22.7 Å². The number of carbonyl (C=O) groups excluding carboxylic acids is 1. The van der Waals surface area contributed by atoms with Crippen LogP contribution < -0.4 is 5.32 Å². The zero-order valence-corrected chi connectivity index (χ0v) is 12.8. The van der Waals surface area contributed by atoms with E-state index in [0.717, 1.165) is 15.6 Å². The molecule has 104 valence electrons. The first-order chi connectivity index (χ1) is 9.72. The van der Waals surface area contributed by atoms with E-state index >= 15 is 0 Å². The normalized spacial score (nSPS) is 16.4. The van der Waals surface area contributed by atoms with Gasteiger partial charge in [-0.25, -0.2) is 4.98 Å². The fourth-order valence-electron chi connectivity index (χ4n) is 2.07. The summed E-state index contributed by atoms with van der Waals surface area (Å²) in [5.74, 6) is 0.516. The van der Waals surface area contributed by atoms with Crippen LogP contribution in [0.2, 0.25) is 0 Å². The van der Waals surface area contributed by atoms with Crippen molar-refractivity contribution in [2.75, 3.05) is 0 Å². The zero-order valence-electron chi connectivity index (χ0n) is 11.2. The summed E-state index contributed by atoms with van der Waals surface area (Å²) in [5, 5.41) is 8.17. The van der Waals surface area contributed by atoms with Gasteiger partial charge in [0.25, 0.3) is 0 Å². The van der Waals surface area contributed by atoms with E-state index in [-0.39, 0.29) is 11.9 Å². The zero-order chi connectivity index (χ0) is 13.9. The molecule has 1 fully saturated rings. The lowest BCUT2D eigenvalue weighted by atomic mass is 10.2. The average Bonchev–Trinajstić information content (AvgIpc) is 2.96. The van der Waals surface area contributed by atoms with Gasteiger partial charge in [0.05, 0.1) is 6.04 Å². The Labute approximate surface area is 126 Å². The summed E-state index contributed by atoms with van der Waals surface area (Å²) in [6.07, 6.45) is 5.83. The Kier molecular flexibility index (Phi) is 3.98. The molecule has 1 amide bonds. The highest BCUT2D eigenvalue weighted by molar-refractivity contribution is 7.10. The number of amides is 1. The summed E-state index contributed by atoms with van der Waals surface area (Å²) in [6.45, 7) is 1.99. The SMILES string of the molecule is Cc1csc([C@H](NC(=O)/C=C\c2cccs2)C2CC2)n1. The number of carbonyl (C=O) groups is 1. The van der Waals surface area contributed by atoms with Gasteiger partial charge in [-0.1, -0.05) is 6.07 Å². The third-order valence-corrected chi connectivity index (χ3v) is 5.12. The second-order valence-electron chi connectivity index (χ2n) is 5.00. The highest BCUT2D eigenvalue weighted by Gasteiger charge is 2.34. The number of thiophene rings is 1. The molecule has 2 aromatic heterocycles. The van der Waals surface area contributed by atoms with Gasteiger partial charge < -0.3 is 5.32 Å². The molecule has 20 heavy (non-hydrogen) atoms. The summed E-state index contributed by atoms with van der Waals surface area (Å²) in [6, 6.07) is 4.05. The number of hydrogen-bond acceptors (Lipinski definition) is 4. The molecule has 0 spiro atoms. The predicted octanol–water partition coefficient (Wildman–Crippen LogP) is 3.79. The summed E-state index contributed by atoms with van der Waals surface area (Å²) < 4.78 is 0. The Morgan fingerprint density at radius 2 is 2.35 bits per heavy atom. The second-order valence-corrected chi connectivity index (χ2v) is 6.87. The van der Waals surface area contributed by atoms with E-state index in [1.54, 1.807) is 28.7 Å². The summed E-state index contributed by atoms with van der Waals surface area (Å²) in [5.41, 5.74) is 1.03. The molecule has 1 aliphatic carbocycles. The predicted molar refractivity (Wildman–Crippen MR) is 83.8 cm³/mol. The molecular weight excluding hydrogens is 288 g/mol. The van der Waals surface area contributed by atoms with Gasteiger partial charge in [-0.3, -0.25) is 4.79 Å². The number of nitrogens with one attached hydrogen (secondary N) is 1. The molecule has 0 bridgehead atoms. The lowest BCUT2D eigenvalue weighted by Gasteiger charge is -2.14. The smallest absolute Gasteiger partial charge is 0.244 e. The number of aryl methyl sites for hydroxylation is 1. The van der Waals surface area contributed by atoms with Crippen LogP contribution in [0.3, 0.4) is 0 Å². The summed E-state index contributed by atoms with van der Waals surface area (Å²) in [7, 11) is 0. The molecule has 1 aliphatic rings. The number of thiazole rings is 1. The van der Waals surface area contributed by atoms with Crippen molar-refractivity contribution >= 4 is 34.7 Å². The van der Waals surface area contributed by atoms with Gasteiger partial charge >= 0.3 is 0 Å². The van der Waals surface area contributed by atoms with Gasteiger partial charge in [0, 0.05) is 22.0 Å². The van der Waals surface area contributed by atoms with E-state index in [4.69, 9.17) is 0 Å². The first-order valence-corrected chi connectivity index (χ1v) is 8.42. The van der Waals surface area contributed by atoms with E-state index in [9.17, 15) is 4.79 Å².